The van der Waals surface area contributed by atoms with Gasteiger partial charge >= 0.3 is 11.7 Å². The molecule has 3 aromatic carbocycles. The topological polar surface area (TPSA) is 108 Å². The quantitative estimate of drug-likeness (QED) is 0.225. The molecule has 7 rings (SSSR count). The van der Waals surface area contributed by atoms with Gasteiger partial charge in [-0.25, -0.2) is 9.59 Å². The van der Waals surface area contributed by atoms with Gasteiger partial charge in [-0.05, 0) is 48.2 Å². The summed E-state index contributed by atoms with van der Waals surface area (Å²) in [5, 5.41) is 8.86. The molecule has 1 saturated carbocycles. The largest absolute Gasteiger partial charge is 0.480 e. The van der Waals surface area contributed by atoms with Gasteiger partial charge in [0.05, 0.1) is 17.1 Å². The number of carboxylic acid groups (broad SMARTS) is 1. The van der Waals surface area contributed by atoms with Crippen molar-refractivity contribution < 1.29 is 24.1 Å². The molecule has 5 aromatic rings. The fourth-order valence-electron chi connectivity index (χ4n) is 6.40. The van der Waals surface area contributed by atoms with Gasteiger partial charge in [0.1, 0.15) is 25.5 Å². The van der Waals surface area contributed by atoms with Gasteiger partial charge in [-0.3, -0.25) is 9.13 Å². The van der Waals surface area contributed by atoms with Crippen LogP contribution in [0.15, 0.2) is 95.8 Å². The van der Waals surface area contributed by atoms with E-state index in [1.807, 2.05) is 84.9 Å². The van der Waals surface area contributed by atoms with E-state index in [1.54, 1.807) is 22.2 Å². The summed E-state index contributed by atoms with van der Waals surface area (Å²) in [6.45, 7) is 2.16. The molecule has 10 heteroatoms. The molecule has 0 amide bonds. The van der Waals surface area contributed by atoms with Crippen LogP contribution in [0.25, 0.3) is 16.7 Å². The number of nitrogens with zero attached hydrogens (tertiary/aromatic N) is 4. The highest BCUT2D eigenvalue weighted by atomic mass is 16.5. The van der Waals surface area contributed by atoms with Gasteiger partial charge in [0.25, 0.3) is 0 Å². The van der Waals surface area contributed by atoms with Gasteiger partial charge in [-0.2, -0.15) is 4.98 Å². The molecule has 2 aliphatic rings. The Morgan fingerprint density at radius 2 is 1.56 bits per heavy atom. The molecule has 1 spiro atoms. The van der Waals surface area contributed by atoms with Crippen molar-refractivity contribution in [2.45, 2.75) is 32.2 Å². The van der Waals surface area contributed by atoms with Crippen LogP contribution in [0.5, 0.6) is 11.8 Å². The highest BCUT2D eigenvalue weighted by Gasteiger charge is 2.53. The first-order valence-corrected chi connectivity index (χ1v) is 15.0. The first kappa shape index (κ1) is 28.7. The maximum Gasteiger partial charge on any atom is 0.333 e. The van der Waals surface area contributed by atoms with Gasteiger partial charge < -0.3 is 24.2 Å². The number of aryl methyl sites for hydroxylation is 1. The molecule has 0 radical (unpaired) electrons. The van der Waals surface area contributed by atoms with Crippen LogP contribution in [0.4, 0.5) is 5.69 Å². The average Bonchev–Trinajstić information content (AvgIpc) is 3.27. The lowest BCUT2D eigenvalue weighted by atomic mass is 9.61. The third kappa shape index (κ3) is 5.76. The number of imidazole rings is 1. The highest BCUT2D eigenvalue weighted by molar-refractivity contribution is 5.83. The Balaban J connectivity index is 1.15. The minimum absolute atomic E-state index is 0.0163. The molecule has 0 bridgehead atoms. The number of ether oxygens (including phenoxy) is 3. The molecular weight excluding hydrogens is 572 g/mol. The fourth-order valence-corrected chi connectivity index (χ4v) is 6.40. The summed E-state index contributed by atoms with van der Waals surface area (Å²) in [4.78, 5) is 31.5. The molecule has 2 fully saturated rings. The summed E-state index contributed by atoms with van der Waals surface area (Å²) in [6, 6.07) is 29.3. The van der Waals surface area contributed by atoms with E-state index in [1.165, 1.54) is 0 Å². The molecular formula is C35H34N4O6. The Bertz CT molecular complexity index is 1890. The summed E-state index contributed by atoms with van der Waals surface area (Å²) >= 11 is 0. The monoisotopic (exact) mass is 606 g/mol. The fraction of sp³-hybridized carbons (Fsp3) is 0.286. The highest BCUT2D eigenvalue weighted by Crippen LogP contribution is 2.51. The predicted molar refractivity (Wildman–Crippen MR) is 169 cm³/mol. The SMILES string of the molecule is Cn1c(=O)n(-c2ccc(OCc3ccccc3)nc2OCc2ccccc2)c2ccc(N3CC4(CC(OCC(=O)O)C4)C3)cc21. The average molecular weight is 607 g/mol. The van der Waals surface area contributed by atoms with E-state index in [0.717, 1.165) is 53.8 Å². The van der Waals surface area contributed by atoms with Crippen molar-refractivity contribution in [3.05, 3.63) is 113 Å². The summed E-state index contributed by atoms with van der Waals surface area (Å²) in [5.74, 6) is -0.230. The molecule has 1 aliphatic carbocycles. The summed E-state index contributed by atoms with van der Waals surface area (Å²) < 4.78 is 21.0. The number of pyridine rings is 1. The first-order chi connectivity index (χ1) is 21.9. The molecule has 1 aliphatic heterocycles. The van der Waals surface area contributed by atoms with Crippen LogP contribution < -0.4 is 20.1 Å². The van der Waals surface area contributed by atoms with Crippen molar-refractivity contribution in [2.75, 3.05) is 24.6 Å². The lowest BCUT2D eigenvalue weighted by Gasteiger charge is -2.59. The van der Waals surface area contributed by atoms with Crippen molar-refractivity contribution in [2.24, 2.45) is 12.5 Å². The second-order valence-corrected chi connectivity index (χ2v) is 12.0. The lowest BCUT2D eigenvalue weighted by molar-refractivity contribution is -0.152. The van der Waals surface area contributed by atoms with Crippen LogP contribution in [0.2, 0.25) is 0 Å². The van der Waals surface area contributed by atoms with Crippen LogP contribution in [-0.2, 0) is 29.8 Å². The zero-order chi connectivity index (χ0) is 31.0. The van der Waals surface area contributed by atoms with Crippen LogP contribution in [0.1, 0.15) is 24.0 Å². The van der Waals surface area contributed by atoms with Gasteiger partial charge in [-0.15, -0.1) is 0 Å². The molecule has 2 aromatic heterocycles. The molecule has 1 N–H and O–H groups in total. The van der Waals surface area contributed by atoms with Crippen LogP contribution in [0.3, 0.4) is 0 Å². The van der Waals surface area contributed by atoms with E-state index >= 15 is 0 Å². The minimum atomic E-state index is -0.935. The number of anilines is 1. The van der Waals surface area contributed by atoms with Crippen LogP contribution in [0, 0.1) is 5.41 Å². The van der Waals surface area contributed by atoms with Crippen molar-refractivity contribution in [1.82, 2.24) is 14.1 Å². The third-order valence-corrected chi connectivity index (χ3v) is 8.72. The number of carbonyl (C=O) groups is 1. The second kappa shape index (κ2) is 11.8. The maximum atomic E-state index is 13.7. The summed E-state index contributed by atoms with van der Waals surface area (Å²) in [5.41, 5.74) is 5.10. The van der Waals surface area contributed by atoms with Crippen molar-refractivity contribution in [3.8, 4) is 17.4 Å². The number of hydrogen-bond donors (Lipinski definition) is 1. The van der Waals surface area contributed by atoms with Gasteiger partial charge in [0.2, 0.25) is 11.8 Å². The molecule has 3 heterocycles. The Morgan fingerprint density at radius 1 is 0.889 bits per heavy atom. The molecule has 0 unspecified atom stereocenters. The van der Waals surface area contributed by atoms with Crippen LogP contribution >= 0.6 is 0 Å². The minimum Gasteiger partial charge on any atom is -0.480 e. The van der Waals surface area contributed by atoms with E-state index in [2.05, 4.69) is 4.90 Å². The molecule has 0 atom stereocenters. The Kier molecular flexibility index (Phi) is 7.50. The number of hydrogen-bond acceptors (Lipinski definition) is 7. The number of fused-ring (bicyclic) bond motifs is 1. The molecule has 230 valence electrons. The Labute approximate surface area is 260 Å². The van der Waals surface area contributed by atoms with E-state index in [0.29, 0.717) is 24.1 Å². The lowest BCUT2D eigenvalue weighted by Crippen LogP contribution is -2.64. The Morgan fingerprint density at radius 3 is 2.22 bits per heavy atom. The van der Waals surface area contributed by atoms with Gasteiger partial charge in [-0.1, -0.05) is 60.7 Å². The van der Waals surface area contributed by atoms with Gasteiger partial charge in [0.15, 0.2) is 0 Å². The number of aliphatic carboxylic acids is 1. The standard InChI is InChI=1S/C35H34N4O6/c1-37-30-16-26(38-22-35(23-38)17-27(18-35)43-21-32(40)41)12-13-28(30)39(34(37)42)29-14-15-31(44-19-24-8-4-2-5-9-24)36-33(29)45-20-25-10-6-3-7-11-25/h2-16,27H,17-23H2,1H3,(H,40,41). The van der Waals surface area contributed by atoms with Crippen molar-refractivity contribution >= 4 is 22.7 Å². The third-order valence-electron chi connectivity index (χ3n) is 8.72. The summed E-state index contributed by atoms with van der Waals surface area (Å²) in [7, 11) is 1.77. The summed E-state index contributed by atoms with van der Waals surface area (Å²) in [6.07, 6.45) is 1.76. The van der Waals surface area contributed by atoms with Gasteiger partial charge in [0, 0.05) is 37.3 Å². The normalized spacial score (nSPS) is 15.5. The second-order valence-electron chi connectivity index (χ2n) is 12.0. The molecule has 1 saturated heterocycles. The van der Waals surface area contributed by atoms with Crippen LogP contribution in [-0.4, -0.2) is 51.0 Å². The van der Waals surface area contributed by atoms with Crippen molar-refractivity contribution in [3.63, 3.8) is 0 Å². The first-order valence-electron chi connectivity index (χ1n) is 15.0. The van der Waals surface area contributed by atoms with E-state index in [4.69, 9.17) is 24.3 Å². The molecule has 10 nitrogen and oxygen atoms in total. The van der Waals surface area contributed by atoms with E-state index in [-0.39, 0.29) is 30.4 Å². The number of rotatable bonds is 11. The van der Waals surface area contributed by atoms with E-state index < -0.39 is 5.97 Å². The number of aromatic nitrogens is 3. The smallest absolute Gasteiger partial charge is 0.333 e. The number of benzene rings is 3. The molecule has 45 heavy (non-hydrogen) atoms. The maximum absolute atomic E-state index is 13.7. The zero-order valence-electron chi connectivity index (χ0n) is 25.0. The zero-order valence-corrected chi connectivity index (χ0v) is 25.0. The predicted octanol–water partition coefficient (Wildman–Crippen LogP) is 4.95. The van der Waals surface area contributed by atoms with Crippen molar-refractivity contribution in [1.29, 1.82) is 0 Å². The Hall–Kier alpha value is -5.09. The van der Waals surface area contributed by atoms with E-state index in [9.17, 15) is 9.59 Å². The number of carboxylic acids is 1.